The lowest BCUT2D eigenvalue weighted by Crippen LogP contribution is -2.24. The first-order valence-corrected chi connectivity index (χ1v) is 6.13. The van der Waals surface area contributed by atoms with E-state index in [1.54, 1.807) is 12.1 Å². The third-order valence-electron chi connectivity index (χ3n) is 2.53. The quantitative estimate of drug-likeness (QED) is 0.721. The maximum Gasteiger partial charge on any atom is 0.573 e. The fourth-order valence-electron chi connectivity index (χ4n) is 1.64. The van der Waals surface area contributed by atoms with E-state index >= 15 is 0 Å². The Morgan fingerprint density at radius 2 is 2.00 bits per heavy atom. The predicted octanol–water partition coefficient (Wildman–Crippen LogP) is 2.07. The summed E-state index contributed by atoms with van der Waals surface area (Å²) in [5.41, 5.74) is 0.408. The molecule has 0 saturated carbocycles. The normalized spacial score (nSPS) is 13.2. The number of hydrogen-bond acceptors (Lipinski definition) is 4. The van der Waals surface area contributed by atoms with Gasteiger partial charge in [-0.25, -0.2) is 0 Å². The van der Waals surface area contributed by atoms with Crippen LogP contribution < -0.4 is 10.1 Å². The van der Waals surface area contributed by atoms with Crippen LogP contribution in [-0.2, 0) is 11.3 Å². The highest BCUT2D eigenvalue weighted by molar-refractivity contribution is 5.33. The van der Waals surface area contributed by atoms with Gasteiger partial charge in [0.05, 0.1) is 12.7 Å². The van der Waals surface area contributed by atoms with Gasteiger partial charge in [-0.2, -0.15) is 0 Å². The zero-order valence-electron chi connectivity index (χ0n) is 11.1. The molecule has 0 aliphatic carbocycles. The van der Waals surface area contributed by atoms with Crippen LogP contribution >= 0.6 is 0 Å². The zero-order valence-corrected chi connectivity index (χ0v) is 11.1. The van der Waals surface area contributed by atoms with E-state index in [0.29, 0.717) is 18.5 Å². The minimum atomic E-state index is -4.70. The summed E-state index contributed by atoms with van der Waals surface area (Å²) in [5.74, 6) is -0.218. The predicted molar refractivity (Wildman–Crippen MR) is 67.3 cm³/mol. The Morgan fingerprint density at radius 3 is 2.65 bits per heavy atom. The highest BCUT2D eigenvalue weighted by Crippen LogP contribution is 2.25. The van der Waals surface area contributed by atoms with Crippen molar-refractivity contribution >= 4 is 0 Å². The molecule has 0 fully saturated rings. The van der Waals surface area contributed by atoms with Crippen molar-refractivity contribution in [3.8, 4) is 5.75 Å². The molecule has 114 valence electrons. The number of rotatable bonds is 8. The molecule has 0 bridgehead atoms. The molecule has 7 heteroatoms. The summed E-state index contributed by atoms with van der Waals surface area (Å²) in [4.78, 5) is 0. The number of ether oxygens (including phenoxy) is 2. The maximum absolute atomic E-state index is 12.2. The minimum Gasteiger partial charge on any atom is -0.405 e. The fraction of sp³-hybridized carbons (Fsp3) is 0.538. The van der Waals surface area contributed by atoms with Crippen LogP contribution in [-0.4, -0.2) is 37.8 Å². The number of methoxy groups -OCH3 is 1. The Kier molecular flexibility index (Phi) is 6.77. The molecule has 0 spiro atoms. The fourth-order valence-corrected chi connectivity index (χ4v) is 1.64. The van der Waals surface area contributed by atoms with Crippen molar-refractivity contribution in [2.45, 2.75) is 25.4 Å². The first kappa shape index (κ1) is 16.7. The molecule has 0 heterocycles. The van der Waals surface area contributed by atoms with Crippen LogP contribution in [0.25, 0.3) is 0 Å². The highest BCUT2D eigenvalue weighted by atomic mass is 19.4. The molecule has 1 aromatic rings. The Morgan fingerprint density at radius 1 is 1.30 bits per heavy atom. The molecule has 4 nitrogen and oxygen atoms in total. The highest BCUT2D eigenvalue weighted by Gasteiger charge is 2.31. The van der Waals surface area contributed by atoms with Crippen LogP contribution in [0.5, 0.6) is 5.75 Å². The van der Waals surface area contributed by atoms with Gasteiger partial charge < -0.3 is 19.9 Å². The molecule has 0 aliphatic heterocycles. The van der Waals surface area contributed by atoms with Crippen molar-refractivity contribution in [1.82, 2.24) is 5.32 Å². The number of aliphatic hydroxyl groups is 1. The number of para-hydroxylation sites is 1. The third kappa shape index (κ3) is 6.74. The number of benzene rings is 1. The lowest BCUT2D eigenvalue weighted by molar-refractivity contribution is -0.274. The van der Waals surface area contributed by atoms with Crippen LogP contribution in [0.1, 0.15) is 12.0 Å². The SMILES string of the molecule is COCC(O)CCNCc1ccccc1OC(F)(F)F. The van der Waals surface area contributed by atoms with Gasteiger partial charge in [0.2, 0.25) is 0 Å². The van der Waals surface area contributed by atoms with Crippen molar-refractivity contribution in [3.05, 3.63) is 29.8 Å². The van der Waals surface area contributed by atoms with E-state index in [2.05, 4.69) is 10.1 Å². The molecule has 20 heavy (non-hydrogen) atoms. The second-order valence-electron chi connectivity index (χ2n) is 4.23. The van der Waals surface area contributed by atoms with Gasteiger partial charge in [0.1, 0.15) is 5.75 Å². The summed E-state index contributed by atoms with van der Waals surface area (Å²) < 4.78 is 45.3. The minimum absolute atomic E-state index is 0.218. The summed E-state index contributed by atoms with van der Waals surface area (Å²) in [6.45, 7) is 0.923. The lowest BCUT2D eigenvalue weighted by Gasteiger charge is -2.14. The number of alkyl halides is 3. The largest absolute Gasteiger partial charge is 0.573 e. The smallest absolute Gasteiger partial charge is 0.405 e. The van der Waals surface area contributed by atoms with E-state index in [1.807, 2.05) is 0 Å². The average Bonchev–Trinajstić information content (AvgIpc) is 2.35. The summed E-state index contributed by atoms with van der Waals surface area (Å²) >= 11 is 0. The molecule has 1 rings (SSSR count). The van der Waals surface area contributed by atoms with E-state index < -0.39 is 12.5 Å². The van der Waals surface area contributed by atoms with Crippen molar-refractivity contribution in [1.29, 1.82) is 0 Å². The molecular weight excluding hydrogens is 275 g/mol. The molecular formula is C13H18F3NO3. The lowest BCUT2D eigenvalue weighted by atomic mass is 10.2. The summed E-state index contributed by atoms with van der Waals surface area (Å²) in [6, 6.07) is 5.94. The number of nitrogens with one attached hydrogen (secondary N) is 1. The van der Waals surface area contributed by atoms with Gasteiger partial charge in [-0.05, 0) is 19.0 Å². The second-order valence-corrected chi connectivity index (χ2v) is 4.23. The van der Waals surface area contributed by atoms with E-state index in [0.717, 1.165) is 0 Å². The monoisotopic (exact) mass is 293 g/mol. The third-order valence-corrected chi connectivity index (χ3v) is 2.53. The van der Waals surface area contributed by atoms with Gasteiger partial charge in [0.15, 0.2) is 0 Å². The zero-order chi connectivity index (χ0) is 15.0. The van der Waals surface area contributed by atoms with Crippen molar-refractivity contribution in [3.63, 3.8) is 0 Å². The van der Waals surface area contributed by atoms with Gasteiger partial charge in [-0.15, -0.1) is 13.2 Å². The topological polar surface area (TPSA) is 50.7 Å². The molecule has 0 amide bonds. The maximum atomic E-state index is 12.2. The molecule has 0 aromatic heterocycles. The van der Waals surface area contributed by atoms with Gasteiger partial charge in [-0.1, -0.05) is 18.2 Å². The van der Waals surface area contributed by atoms with E-state index in [-0.39, 0.29) is 18.9 Å². The van der Waals surface area contributed by atoms with Crippen molar-refractivity contribution in [2.24, 2.45) is 0 Å². The number of halogens is 3. The summed E-state index contributed by atoms with van der Waals surface area (Å²) in [7, 11) is 1.49. The van der Waals surface area contributed by atoms with Crippen LogP contribution in [0.2, 0.25) is 0 Å². The summed E-state index contributed by atoms with van der Waals surface area (Å²) in [5, 5.41) is 12.4. The average molecular weight is 293 g/mol. The van der Waals surface area contributed by atoms with Crippen LogP contribution in [0, 0.1) is 0 Å². The van der Waals surface area contributed by atoms with E-state index in [9.17, 15) is 18.3 Å². The Balaban J connectivity index is 2.44. The Bertz CT molecular complexity index is 399. The standard InChI is InChI=1S/C13H18F3NO3/c1-19-9-11(18)6-7-17-8-10-4-2-3-5-12(10)20-13(14,15)16/h2-5,11,17-18H,6-9H2,1H3. The molecule has 1 unspecified atom stereocenters. The molecule has 1 atom stereocenters. The van der Waals surface area contributed by atoms with Crippen molar-refractivity contribution < 1.29 is 27.8 Å². The molecule has 0 saturated heterocycles. The van der Waals surface area contributed by atoms with Crippen LogP contribution in [0.15, 0.2) is 24.3 Å². The molecule has 0 aliphatic rings. The Hall–Kier alpha value is -1.31. The molecule has 0 radical (unpaired) electrons. The number of aliphatic hydroxyl groups excluding tert-OH is 1. The van der Waals surface area contributed by atoms with E-state index in [1.165, 1.54) is 19.2 Å². The van der Waals surface area contributed by atoms with Crippen LogP contribution in [0.3, 0.4) is 0 Å². The first-order valence-electron chi connectivity index (χ1n) is 6.13. The first-order chi connectivity index (χ1) is 9.42. The van der Waals surface area contributed by atoms with Crippen LogP contribution in [0.4, 0.5) is 13.2 Å². The second kappa shape index (κ2) is 8.08. The molecule has 1 aromatic carbocycles. The van der Waals surface area contributed by atoms with E-state index in [4.69, 9.17) is 4.74 Å². The Labute approximate surface area is 115 Å². The number of hydrogen-bond donors (Lipinski definition) is 2. The van der Waals surface area contributed by atoms with Gasteiger partial charge in [-0.3, -0.25) is 0 Å². The molecule has 2 N–H and O–H groups in total. The van der Waals surface area contributed by atoms with Gasteiger partial charge in [0.25, 0.3) is 0 Å². The van der Waals surface area contributed by atoms with Crippen molar-refractivity contribution in [2.75, 3.05) is 20.3 Å². The van der Waals surface area contributed by atoms with Gasteiger partial charge in [0, 0.05) is 19.2 Å². The van der Waals surface area contributed by atoms with Gasteiger partial charge >= 0.3 is 6.36 Å². The summed E-state index contributed by atoms with van der Waals surface area (Å²) in [6.07, 6.45) is -4.84.